The van der Waals surface area contributed by atoms with Crippen LogP contribution in [0, 0.1) is 0 Å². The maximum Gasteiger partial charge on any atom is 0.263 e. The number of fused-ring (bicyclic) bond motifs is 1. The number of thiophene rings is 1. The highest BCUT2D eigenvalue weighted by molar-refractivity contribution is 9.09. The highest BCUT2D eigenvalue weighted by atomic mass is 79.9. The van der Waals surface area contributed by atoms with Crippen molar-refractivity contribution in [2.75, 3.05) is 18.4 Å². The molecule has 0 radical (unpaired) electrons. The number of alkyl halides is 1. The van der Waals surface area contributed by atoms with Crippen LogP contribution < -0.4 is 0 Å². The lowest BCUT2D eigenvalue weighted by Crippen LogP contribution is -2.32. The van der Waals surface area contributed by atoms with Gasteiger partial charge in [-0.05, 0) is 43.7 Å². The van der Waals surface area contributed by atoms with Crippen LogP contribution in [-0.4, -0.2) is 29.2 Å². The number of nitrogens with zero attached hydrogens (tertiary/aromatic N) is 1. The predicted octanol–water partition coefficient (Wildman–Crippen LogP) is 3.87. The lowest BCUT2D eigenvalue weighted by Gasteiger charge is -2.20. The highest BCUT2D eigenvalue weighted by Gasteiger charge is 2.20. The SMILES string of the molecule is CCCN(CCBr)C(=O)c1cc2c(s1)CCCC2. The number of rotatable bonds is 5. The lowest BCUT2D eigenvalue weighted by atomic mass is 9.99. The van der Waals surface area contributed by atoms with Gasteiger partial charge in [0.15, 0.2) is 0 Å². The third kappa shape index (κ3) is 3.15. The van der Waals surface area contributed by atoms with E-state index in [2.05, 4.69) is 28.9 Å². The molecule has 1 aromatic rings. The minimum atomic E-state index is 0.218. The predicted molar refractivity (Wildman–Crippen MR) is 80.9 cm³/mol. The molecule has 2 nitrogen and oxygen atoms in total. The third-order valence-corrected chi connectivity index (χ3v) is 4.92. The van der Waals surface area contributed by atoms with Crippen molar-refractivity contribution < 1.29 is 4.79 Å². The van der Waals surface area contributed by atoms with E-state index in [0.717, 1.165) is 36.1 Å². The first kappa shape index (κ1) is 14.1. The van der Waals surface area contributed by atoms with Gasteiger partial charge in [0.1, 0.15) is 0 Å². The Bertz CT molecular complexity index is 386. The smallest absolute Gasteiger partial charge is 0.263 e. The van der Waals surface area contributed by atoms with Gasteiger partial charge in [-0.3, -0.25) is 4.79 Å². The second kappa shape index (κ2) is 6.71. The van der Waals surface area contributed by atoms with E-state index < -0.39 is 0 Å². The summed E-state index contributed by atoms with van der Waals surface area (Å²) in [7, 11) is 0. The molecular formula is C14H20BrNOS. The molecule has 0 aliphatic heterocycles. The van der Waals surface area contributed by atoms with Crippen LogP contribution in [0.4, 0.5) is 0 Å². The number of amides is 1. The number of hydrogen-bond acceptors (Lipinski definition) is 2. The normalized spacial score (nSPS) is 14.3. The zero-order valence-electron chi connectivity index (χ0n) is 10.9. The first-order valence-corrected chi connectivity index (χ1v) is 8.67. The third-order valence-electron chi connectivity index (χ3n) is 3.34. The van der Waals surface area contributed by atoms with Gasteiger partial charge in [0, 0.05) is 23.3 Å². The Balaban J connectivity index is 2.13. The molecule has 0 aromatic carbocycles. The van der Waals surface area contributed by atoms with Gasteiger partial charge >= 0.3 is 0 Å². The average Bonchev–Trinajstić information content (AvgIpc) is 2.81. The van der Waals surface area contributed by atoms with Crippen LogP contribution in [0.15, 0.2) is 6.07 Å². The van der Waals surface area contributed by atoms with Crippen LogP contribution in [0.1, 0.15) is 46.3 Å². The first-order chi connectivity index (χ1) is 8.76. The molecule has 0 unspecified atom stereocenters. The van der Waals surface area contributed by atoms with Gasteiger partial charge in [-0.15, -0.1) is 11.3 Å². The Morgan fingerprint density at radius 3 is 2.83 bits per heavy atom. The molecule has 0 saturated heterocycles. The van der Waals surface area contributed by atoms with Crippen LogP contribution in [0.25, 0.3) is 0 Å². The molecule has 1 heterocycles. The van der Waals surface area contributed by atoms with Gasteiger partial charge in [-0.1, -0.05) is 22.9 Å². The van der Waals surface area contributed by atoms with Crippen molar-refractivity contribution in [1.82, 2.24) is 4.90 Å². The van der Waals surface area contributed by atoms with Crippen molar-refractivity contribution in [3.05, 3.63) is 21.4 Å². The van der Waals surface area contributed by atoms with Gasteiger partial charge in [0.25, 0.3) is 5.91 Å². The molecule has 1 aliphatic carbocycles. The molecular weight excluding hydrogens is 310 g/mol. The summed E-state index contributed by atoms with van der Waals surface area (Å²) in [5.74, 6) is 0.218. The molecule has 0 fully saturated rings. The fourth-order valence-electron chi connectivity index (χ4n) is 2.44. The largest absolute Gasteiger partial charge is 0.337 e. The summed E-state index contributed by atoms with van der Waals surface area (Å²) >= 11 is 5.14. The number of halogens is 1. The van der Waals surface area contributed by atoms with Crippen LogP contribution in [0.2, 0.25) is 0 Å². The molecule has 0 spiro atoms. The fourth-order valence-corrected chi connectivity index (χ4v) is 4.09. The van der Waals surface area contributed by atoms with E-state index in [1.54, 1.807) is 11.3 Å². The number of aryl methyl sites for hydroxylation is 2. The first-order valence-electron chi connectivity index (χ1n) is 6.73. The second-order valence-electron chi connectivity index (χ2n) is 4.75. The fraction of sp³-hybridized carbons (Fsp3) is 0.643. The summed E-state index contributed by atoms with van der Waals surface area (Å²) in [5.41, 5.74) is 1.42. The maximum absolute atomic E-state index is 12.5. The van der Waals surface area contributed by atoms with E-state index in [1.165, 1.54) is 29.7 Å². The molecule has 1 amide bonds. The Labute approximate surface area is 122 Å². The molecule has 2 rings (SSSR count). The van der Waals surface area contributed by atoms with Crippen molar-refractivity contribution in [3.8, 4) is 0 Å². The van der Waals surface area contributed by atoms with E-state index in [1.807, 2.05) is 4.90 Å². The molecule has 1 aromatic heterocycles. The summed E-state index contributed by atoms with van der Waals surface area (Å²) in [6.45, 7) is 3.77. The van der Waals surface area contributed by atoms with Crippen molar-refractivity contribution >= 4 is 33.2 Å². The molecule has 1 aliphatic rings. The summed E-state index contributed by atoms with van der Waals surface area (Å²) in [6.07, 6.45) is 5.90. The summed E-state index contributed by atoms with van der Waals surface area (Å²) < 4.78 is 0. The molecule has 0 bridgehead atoms. The molecule has 18 heavy (non-hydrogen) atoms. The van der Waals surface area contributed by atoms with Gasteiger partial charge < -0.3 is 4.90 Å². The zero-order chi connectivity index (χ0) is 13.0. The van der Waals surface area contributed by atoms with Gasteiger partial charge in [-0.2, -0.15) is 0 Å². The number of carbonyl (C=O) groups excluding carboxylic acids is 1. The van der Waals surface area contributed by atoms with Gasteiger partial charge in [-0.25, -0.2) is 0 Å². The Kier molecular flexibility index (Phi) is 5.25. The Hall–Kier alpha value is -0.350. The van der Waals surface area contributed by atoms with Crippen molar-refractivity contribution in [2.24, 2.45) is 0 Å². The van der Waals surface area contributed by atoms with Crippen LogP contribution >= 0.6 is 27.3 Å². The molecule has 100 valence electrons. The second-order valence-corrected chi connectivity index (χ2v) is 6.68. The van der Waals surface area contributed by atoms with Crippen LogP contribution in [-0.2, 0) is 12.8 Å². The quantitative estimate of drug-likeness (QED) is 0.751. The standard InChI is InChI=1S/C14H20BrNOS/c1-2-8-16(9-7-15)14(17)13-10-11-5-3-4-6-12(11)18-13/h10H,2-9H2,1H3. The van der Waals surface area contributed by atoms with Crippen LogP contribution in [0.5, 0.6) is 0 Å². The Morgan fingerprint density at radius 1 is 1.39 bits per heavy atom. The van der Waals surface area contributed by atoms with Crippen molar-refractivity contribution in [1.29, 1.82) is 0 Å². The lowest BCUT2D eigenvalue weighted by molar-refractivity contribution is 0.0771. The van der Waals surface area contributed by atoms with Crippen LogP contribution in [0.3, 0.4) is 0 Å². The maximum atomic E-state index is 12.5. The molecule has 0 atom stereocenters. The minimum Gasteiger partial charge on any atom is -0.337 e. The number of carbonyl (C=O) groups is 1. The van der Waals surface area contributed by atoms with Gasteiger partial charge in [0.05, 0.1) is 4.88 Å². The van der Waals surface area contributed by atoms with E-state index in [-0.39, 0.29) is 5.91 Å². The topological polar surface area (TPSA) is 20.3 Å². The van der Waals surface area contributed by atoms with Gasteiger partial charge in [0.2, 0.25) is 0 Å². The van der Waals surface area contributed by atoms with E-state index in [0.29, 0.717) is 0 Å². The summed E-state index contributed by atoms with van der Waals surface area (Å²) in [5, 5.41) is 0.851. The minimum absolute atomic E-state index is 0.218. The zero-order valence-corrected chi connectivity index (χ0v) is 13.3. The summed E-state index contributed by atoms with van der Waals surface area (Å²) in [6, 6.07) is 2.14. The number of hydrogen-bond donors (Lipinski definition) is 0. The van der Waals surface area contributed by atoms with Crippen molar-refractivity contribution in [2.45, 2.75) is 39.0 Å². The van der Waals surface area contributed by atoms with E-state index >= 15 is 0 Å². The highest BCUT2D eigenvalue weighted by Crippen LogP contribution is 2.30. The monoisotopic (exact) mass is 329 g/mol. The van der Waals surface area contributed by atoms with Crippen molar-refractivity contribution in [3.63, 3.8) is 0 Å². The Morgan fingerprint density at radius 2 is 2.17 bits per heavy atom. The summed E-state index contributed by atoms with van der Waals surface area (Å²) in [4.78, 5) is 16.8. The molecule has 0 N–H and O–H groups in total. The average molecular weight is 330 g/mol. The van der Waals surface area contributed by atoms with E-state index in [4.69, 9.17) is 0 Å². The molecule has 0 saturated carbocycles. The van der Waals surface area contributed by atoms with E-state index in [9.17, 15) is 4.79 Å². The molecule has 4 heteroatoms.